The number of esters is 1. The molecule has 0 saturated heterocycles. The van der Waals surface area contributed by atoms with E-state index in [1.54, 1.807) is 24.3 Å². The van der Waals surface area contributed by atoms with Crippen LogP contribution in [0.15, 0.2) is 48.5 Å². The van der Waals surface area contributed by atoms with Crippen LogP contribution in [0, 0.1) is 0 Å². The number of unbranched alkanes of at least 4 members (excludes halogenated alkanes) is 1. The lowest BCUT2D eigenvalue weighted by Gasteiger charge is -2.09. The summed E-state index contributed by atoms with van der Waals surface area (Å²) < 4.78 is 54.6. The molecule has 0 fully saturated rings. The number of nitrogens with two attached hydrogens (primary N) is 1. The van der Waals surface area contributed by atoms with Crippen molar-refractivity contribution in [2.75, 3.05) is 137 Å². The third-order valence-electron chi connectivity index (χ3n) is 6.42. The van der Waals surface area contributed by atoms with Crippen LogP contribution in [-0.4, -0.2) is 131 Å². The quantitative estimate of drug-likeness (QED) is 0.0640. The van der Waals surface area contributed by atoms with Gasteiger partial charge in [0.05, 0.1) is 111 Å². The lowest BCUT2D eigenvalue weighted by atomic mass is 10.2. The van der Waals surface area contributed by atoms with Gasteiger partial charge in [-0.05, 0) is 55.0 Å². The number of carbonyl (C=O) groups excluding carboxylic acids is 1. The van der Waals surface area contributed by atoms with E-state index >= 15 is 0 Å². The summed E-state index contributed by atoms with van der Waals surface area (Å²) in [5, 5.41) is 3.32. The first-order valence-corrected chi connectivity index (χ1v) is 16.8. The molecule has 0 amide bonds. The summed E-state index contributed by atoms with van der Waals surface area (Å²) in [7, 11) is 0. The summed E-state index contributed by atoms with van der Waals surface area (Å²) in [6, 6.07) is 14.5. The minimum absolute atomic E-state index is 0.190. The minimum atomic E-state index is -0.361. The van der Waals surface area contributed by atoms with Gasteiger partial charge >= 0.3 is 5.97 Å². The standard InChI is InChI=1S/C35H56N2O11/c1-2-3-12-37-33-8-4-31(5-9-33)35(38)48-30-28-46-26-24-44-22-20-42-18-16-40-14-13-39-15-17-41-19-21-43-23-25-45-27-29-47-34-10-6-32(36)7-11-34/h4-11,37H,2-3,12-30,36H2,1H3. The predicted molar refractivity (Wildman–Crippen MR) is 183 cm³/mol. The van der Waals surface area contributed by atoms with Crippen LogP contribution in [-0.2, 0) is 42.6 Å². The molecule has 0 spiro atoms. The molecule has 2 aromatic carbocycles. The van der Waals surface area contributed by atoms with E-state index in [9.17, 15) is 4.79 Å². The third kappa shape index (κ3) is 23.3. The Morgan fingerprint density at radius 1 is 0.542 bits per heavy atom. The zero-order valence-corrected chi connectivity index (χ0v) is 28.5. The number of anilines is 2. The van der Waals surface area contributed by atoms with E-state index in [0.717, 1.165) is 30.8 Å². The van der Waals surface area contributed by atoms with E-state index in [1.165, 1.54) is 0 Å². The Balaban J connectivity index is 1.20. The third-order valence-corrected chi connectivity index (χ3v) is 6.42. The molecule has 3 N–H and O–H groups in total. The molecule has 0 saturated carbocycles. The molecule has 0 bridgehead atoms. The first-order valence-electron chi connectivity index (χ1n) is 16.8. The second-order valence-electron chi connectivity index (χ2n) is 10.3. The highest BCUT2D eigenvalue weighted by molar-refractivity contribution is 5.89. The average Bonchev–Trinajstić information content (AvgIpc) is 3.10. The van der Waals surface area contributed by atoms with Crippen molar-refractivity contribution in [2.24, 2.45) is 0 Å². The van der Waals surface area contributed by atoms with Gasteiger partial charge in [0.2, 0.25) is 0 Å². The van der Waals surface area contributed by atoms with Crippen molar-refractivity contribution in [1.29, 1.82) is 0 Å². The van der Waals surface area contributed by atoms with Crippen molar-refractivity contribution in [3.05, 3.63) is 54.1 Å². The van der Waals surface area contributed by atoms with Crippen LogP contribution in [0.2, 0.25) is 0 Å². The van der Waals surface area contributed by atoms with Crippen molar-refractivity contribution in [3.63, 3.8) is 0 Å². The summed E-state index contributed by atoms with van der Waals surface area (Å²) in [5.74, 6) is 0.407. The molecule has 0 aliphatic heterocycles. The van der Waals surface area contributed by atoms with Crippen LogP contribution in [0.4, 0.5) is 11.4 Å². The highest BCUT2D eigenvalue weighted by Crippen LogP contribution is 2.13. The maximum absolute atomic E-state index is 12.1. The van der Waals surface area contributed by atoms with E-state index in [1.807, 2.05) is 24.3 Å². The fourth-order valence-corrected chi connectivity index (χ4v) is 3.83. The number of carbonyl (C=O) groups is 1. The first-order chi connectivity index (χ1) is 23.7. The number of ether oxygens (including phenoxy) is 10. The molecule has 13 heteroatoms. The van der Waals surface area contributed by atoms with Crippen molar-refractivity contribution in [3.8, 4) is 5.75 Å². The normalized spacial score (nSPS) is 11.1. The SMILES string of the molecule is CCCCNc1ccc(C(=O)OCCOCCOCCOCCOCCOCCOCCOCCOCCOc2ccc(N)cc2)cc1. The monoisotopic (exact) mass is 680 g/mol. The second-order valence-corrected chi connectivity index (χ2v) is 10.3. The Morgan fingerprint density at radius 2 is 0.938 bits per heavy atom. The predicted octanol–water partition coefficient (Wildman–Crippen LogP) is 3.85. The van der Waals surface area contributed by atoms with Gasteiger partial charge in [0, 0.05) is 17.9 Å². The summed E-state index contributed by atoms with van der Waals surface area (Å²) >= 11 is 0. The lowest BCUT2D eigenvalue weighted by Crippen LogP contribution is -2.15. The van der Waals surface area contributed by atoms with Gasteiger partial charge in [-0.15, -0.1) is 0 Å². The number of rotatable bonds is 33. The van der Waals surface area contributed by atoms with Gasteiger partial charge in [-0.25, -0.2) is 4.79 Å². The van der Waals surface area contributed by atoms with Crippen molar-refractivity contribution >= 4 is 17.3 Å². The molecule has 2 rings (SSSR count). The largest absolute Gasteiger partial charge is 0.491 e. The molecule has 0 heterocycles. The minimum Gasteiger partial charge on any atom is -0.491 e. The first kappa shape index (κ1) is 41.2. The smallest absolute Gasteiger partial charge is 0.338 e. The lowest BCUT2D eigenvalue weighted by molar-refractivity contribution is -0.0247. The van der Waals surface area contributed by atoms with E-state index in [4.69, 9.17) is 53.1 Å². The van der Waals surface area contributed by atoms with Crippen molar-refractivity contribution < 1.29 is 52.2 Å². The number of nitrogen functional groups attached to an aromatic ring is 1. The summed E-state index contributed by atoms with van der Waals surface area (Å²) in [6.07, 6.45) is 2.24. The van der Waals surface area contributed by atoms with Gasteiger partial charge in [0.25, 0.3) is 0 Å². The van der Waals surface area contributed by atoms with Gasteiger partial charge in [-0.2, -0.15) is 0 Å². The summed E-state index contributed by atoms with van der Waals surface area (Å²) in [5.41, 5.74) is 7.86. The van der Waals surface area contributed by atoms with Gasteiger partial charge in [0.15, 0.2) is 0 Å². The van der Waals surface area contributed by atoms with E-state index < -0.39 is 0 Å². The molecule has 13 nitrogen and oxygen atoms in total. The molecular formula is C35H56N2O11. The van der Waals surface area contributed by atoms with Crippen LogP contribution in [0.25, 0.3) is 0 Å². The number of hydrogen-bond donors (Lipinski definition) is 2. The van der Waals surface area contributed by atoms with Crippen LogP contribution >= 0.6 is 0 Å². The summed E-state index contributed by atoms with van der Waals surface area (Å²) in [4.78, 5) is 12.1. The average molecular weight is 681 g/mol. The molecule has 0 radical (unpaired) electrons. The maximum atomic E-state index is 12.1. The summed E-state index contributed by atoms with van der Waals surface area (Å²) in [6.45, 7) is 11.3. The van der Waals surface area contributed by atoms with Gasteiger partial charge < -0.3 is 58.4 Å². The van der Waals surface area contributed by atoms with Crippen molar-refractivity contribution in [2.45, 2.75) is 19.8 Å². The van der Waals surface area contributed by atoms with E-state index in [2.05, 4.69) is 12.2 Å². The van der Waals surface area contributed by atoms with Gasteiger partial charge in [-0.1, -0.05) is 13.3 Å². The molecule has 0 atom stereocenters. The zero-order valence-electron chi connectivity index (χ0n) is 28.5. The molecular weight excluding hydrogens is 624 g/mol. The van der Waals surface area contributed by atoms with Crippen LogP contribution in [0.1, 0.15) is 30.1 Å². The van der Waals surface area contributed by atoms with Gasteiger partial charge in [0.1, 0.15) is 19.0 Å². The van der Waals surface area contributed by atoms with Gasteiger partial charge in [-0.3, -0.25) is 0 Å². The highest BCUT2D eigenvalue weighted by atomic mass is 16.6. The van der Waals surface area contributed by atoms with Crippen LogP contribution in [0.5, 0.6) is 5.75 Å². The maximum Gasteiger partial charge on any atom is 0.338 e. The molecule has 0 aromatic heterocycles. The highest BCUT2D eigenvalue weighted by Gasteiger charge is 2.07. The zero-order chi connectivity index (χ0) is 34.2. The molecule has 0 aliphatic carbocycles. The fraction of sp³-hybridized carbons (Fsp3) is 0.629. The Morgan fingerprint density at radius 3 is 1.35 bits per heavy atom. The molecule has 2 aromatic rings. The second kappa shape index (κ2) is 30.1. The van der Waals surface area contributed by atoms with Crippen LogP contribution in [0.3, 0.4) is 0 Å². The van der Waals surface area contributed by atoms with E-state index in [-0.39, 0.29) is 12.6 Å². The molecule has 48 heavy (non-hydrogen) atoms. The Bertz CT molecular complexity index is 1010. The molecule has 272 valence electrons. The number of nitrogens with one attached hydrogen (secondary N) is 1. The molecule has 0 aliphatic rings. The number of benzene rings is 2. The molecule has 0 unspecified atom stereocenters. The Kier molecular flexibility index (Phi) is 25.8. The number of hydrogen-bond acceptors (Lipinski definition) is 13. The van der Waals surface area contributed by atoms with Crippen molar-refractivity contribution in [1.82, 2.24) is 0 Å². The van der Waals surface area contributed by atoms with E-state index in [0.29, 0.717) is 124 Å². The Hall–Kier alpha value is -3.01. The Labute approximate surface area is 285 Å². The topological polar surface area (TPSA) is 147 Å². The fourth-order valence-electron chi connectivity index (χ4n) is 3.83. The van der Waals surface area contributed by atoms with Crippen LogP contribution < -0.4 is 15.8 Å².